The number of ether oxygens (including phenoxy) is 1. The summed E-state index contributed by atoms with van der Waals surface area (Å²) in [5.41, 5.74) is 3.23. The quantitative estimate of drug-likeness (QED) is 0.504. The number of carbonyl (C=O) groups excluding carboxylic acids is 2. The van der Waals surface area contributed by atoms with Crippen LogP contribution in [-0.4, -0.2) is 35.9 Å². The van der Waals surface area contributed by atoms with E-state index in [0.717, 1.165) is 28.4 Å². The van der Waals surface area contributed by atoms with Gasteiger partial charge < -0.3 is 15.0 Å². The first-order valence-corrected chi connectivity index (χ1v) is 11.1. The summed E-state index contributed by atoms with van der Waals surface area (Å²) in [7, 11) is 0. The third-order valence-electron chi connectivity index (χ3n) is 5.10. The minimum atomic E-state index is -0.596. The molecule has 2 rings (SSSR count). The molecule has 0 fully saturated rings. The van der Waals surface area contributed by atoms with Gasteiger partial charge in [0.1, 0.15) is 11.8 Å². The van der Waals surface area contributed by atoms with E-state index in [1.54, 1.807) is 11.8 Å². The molecular formula is C24H31BrN2O3. The average Bonchev–Trinajstić information content (AvgIpc) is 2.73. The van der Waals surface area contributed by atoms with Crippen LogP contribution in [0.5, 0.6) is 5.75 Å². The molecule has 0 radical (unpaired) electrons. The lowest BCUT2D eigenvalue weighted by Gasteiger charge is -2.29. The van der Waals surface area contributed by atoms with Crippen molar-refractivity contribution in [1.29, 1.82) is 0 Å². The van der Waals surface area contributed by atoms with Crippen molar-refractivity contribution in [1.82, 2.24) is 10.2 Å². The molecule has 5 nitrogen and oxygen atoms in total. The SMILES string of the molecule is CCCCNC(=O)[C@H](C)N(Cc1ccc(Br)cc1)C(=O)COc1ccc(C)c(C)c1. The molecule has 162 valence electrons. The molecule has 0 spiro atoms. The summed E-state index contributed by atoms with van der Waals surface area (Å²) in [6.07, 6.45) is 1.91. The number of hydrogen-bond donors (Lipinski definition) is 1. The van der Waals surface area contributed by atoms with Crippen LogP contribution in [0, 0.1) is 13.8 Å². The first-order chi connectivity index (χ1) is 14.3. The number of rotatable bonds is 10. The summed E-state index contributed by atoms with van der Waals surface area (Å²) >= 11 is 3.42. The van der Waals surface area contributed by atoms with E-state index in [-0.39, 0.29) is 18.4 Å². The van der Waals surface area contributed by atoms with Gasteiger partial charge in [0.25, 0.3) is 5.91 Å². The molecule has 2 aromatic rings. The van der Waals surface area contributed by atoms with Gasteiger partial charge in [-0.25, -0.2) is 0 Å². The van der Waals surface area contributed by atoms with Crippen molar-refractivity contribution in [2.45, 2.75) is 53.1 Å². The summed E-state index contributed by atoms with van der Waals surface area (Å²) < 4.78 is 6.70. The molecule has 6 heteroatoms. The highest BCUT2D eigenvalue weighted by atomic mass is 79.9. The number of nitrogens with zero attached hydrogens (tertiary/aromatic N) is 1. The van der Waals surface area contributed by atoms with Crippen LogP contribution in [0.25, 0.3) is 0 Å². The van der Waals surface area contributed by atoms with E-state index in [1.807, 2.05) is 56.3 Å². The molecule has 0 aliphatic heterocycles. The predicted octanol–water partition coefficient (Wildman–Crippen LogP) is 4.78. The van der Waals surface area contributed by atoms with Gasteiger partial charge in [-0.1, -0.05) is 47.5 Å². The van der Waals surface area contributed by atoms with Gasteiger partial charge in [-0.15, -0.1) is 0 Å². The van der Waals surface area contributed by atoms with Crippen molar-refractivity contribution >= 4 is 27.7 Å². The Bertz CT molecular complexity index is 852. The molecule has 1 N–H and O–H groups in total. The minimum Gasteiger partial charge on any atom is -0.484 e. The Balaban J connectivity index is 2.11. The number of carbonyl (C=O) groups is 2. The van der Waals surface area contributed by atoms with Gasteiger partial charge in [-0.05, 0) is 68.1 Å². The molecule has 0 aromatic heterocycles. The van der Waals surface area contributed by atoms with E-state index in [4.69, 9.17) is 4.74 Å². The third-order valence-corrected chi connectivity index (χ3v) is 5.63. The molecule has 0 heterocycles. The lowest BCUT2D eigenvalue weighted by molar-refractivity contribution is -0.142. The maximum atomic E-state index is 13.0. The Hall–Kier alpha value is -2.34. The fraction of sp³-hybridized carbons (Fsp3) is 0.417. The Morgan fingerprint density at radius 2 is 1.80 bits per heavy atom. The number of aryl methyl sites for hydroxylation is 2. The molecular weight excluding hydrogens is 444 g/mol. The van der Waals surface area contributed by atoms with E-state index in [0.29, 0.717) is 18.8 Å². The fourth-order valence-electron chi connectivity index (χ4n) is 2.94. The number of nitrogens with one attached hydrogen (secondary N) is 1. The maximum absolute atomic E-state index is 13.0. The van der Waals surface area contributed by atoms with Gasteiger partial charge in [0, 0.05) is 17.6 Å². The molecule has 0 aliphatic rings. The topological polar surface area (TPSA) is 58.6 Å². The van der Waals surface area contributed by atoms with Crippen molar-refractivity contribution in [2.24, 2.45) is 0 Å². The number of benzene rings is 2. The van der Waals surface area contributed by atoms with Gasteiger partial charge >= 0.3 is 0 Å². The van der Waals surface area contributed by atoms with Crippen LogP contribution >= 0.6 is 15.9 Å². The molecule has 2 amide bonds. The minimum absolute atomic E-state index is 0.119. The summed E-state index contributed by atoms with van der Waals surface area (Å²) in [5.74, 6) is 0.268. The standard InChI is InChI=1S/C24H31BrN2O3/c1-5-6-13-26-24(29)19(4)27(15-20-8-10-21(25)11-9-20)23(28)16-30-22-12-7-17(2)18(3)14-22/h7-12,14,19H,5-6,13,15-16H2,1-4H3,(H,26,29)/t19-/m0/s1. The molecule has 0 aliphatic carbocycles. The Kier molecular flexibility index (Phi) is 9.37. The van der Waals surface area contributed by atoms with E-state index in [9.17, 15) is 9.59 Å². The van der Waals surface area contributed by atoms with Crippen LogP contribution in [0.4, 0.5) is 0 Å². The Morgan fingerprint density at radius 3 is 2.43 bits per heavy atom. The predicted molar refractivity (Wildman–Crippen MR) is 123 cm³/mol. The lowest BCUT2D eigenvalue weighted by atomic mass is 10.1. The first-order valence-electron chi connectivity index (χ1n) is 10.3. The zero-order valence-corrected chi connectivity index (χ0v) is 19.8. The van der Waals surface area contributed by atoms with Gasteiger partial charge in [0.15, 0.2) is 6.61 Å². The van der Waals surface area contributed by atoms with Crippen molar-refractivity contribution in [3.63, 3.8) is 0 Å². The van der Waals surface area contributed by atoms with E-state index < -0.39 is 6.04 Å². The molecule has 0 unspecified atom stereocenters. The molecule has 1 atom stereocenters. The highest BCUT2D eigenvalue weighted by molar-refractivity contribution is 9.10. The Morgan fingerprint density at radius 1 is 1.10 bits per heavy atom. The highest BCUT2D eigenvalue weighted by Gasteiger charge is 2.26. The van der Waals surface area contributed by atoms with Gasteiger partial charge in [-0.2, -0.15) is 0 Å². The fourth-order valence-corrected chi connectivity index (χ4v) is 3.20. The lowest BCUT2D eigenvalue weighted by Crippen LogP contribution is -2.49. The van der Waals surface area contributed by atoms with Crippen LogP contribution < -0.4 is 10.1 Å². The van der Waals surface area contributed by atoms with Gasteiger partial charge in [0.2, 0.25) is 5.91 Å². The van der Waals surface area contributed by atoms with Crippen LogP contribution in [0.3, 0.4) is 0 Å². The summed E-state index contributed by atoms with van der Waals surface area (Å²) in [6.45, 7) is 8.70. The van der Waals surface area contributed by atoms with E-state index in [2.05, 4.69) is 28.2 Å². The van der Waals surface area contributed by atoms with Crippen LogP contribution in [-0.2, 0) is 16.1 Å². The maximum Gasteiger partial charge on any atom is 0.261 e. The van der Waals surface area contributed by atoms with Crippen LogP contribution in [0.2, 0.25) is 0 Å². The summed E-state index contributed by atoms with van der Waals surface area (Å²) in [5, 5.41) is 2.92. The molecule has 30 heavy (non-hydrogen) atoms. The summed E-state index contributed by atoms with van der Waals surface area (Å²) in [6, 6.07) is 12.9. The second-order valence-corrected chi connectivity index (χ2v) is 8.42. The zero-order chi connectivity index (χ0) is 22.1. The summed E-state index contributed by atoms with van der Waals surface area (Å²) in [4.78, 5) is 27.2. The average molecular weight is 475 g/mol. The number of amides is 2. The normalized spacial score (nSPS) is 11.6. The molecule has 0 bridgehead atoms. The molecule has 0 saturated carbocycles. The second-order valence-electron chi connectivity index (χ2n) is 7.50. The van der Waals surface area contributed by atoms with Crippen molar-refractivity contribution < 1.29 is 14.3 Å². The third kappa shape index (κ3) is 7.17. The van der Waals surface area contributed by atoms with Crippen LogP contribution in [0.1, 0.15) is 43.4 Å². The monoisotopic (exact) mass is 474 g/mol. The number of hydrogen-bond acceptors (Lipinski definition) is 3. The van der Waals surface area contributed by atoms with Crippen LogP contribution in [0.15, 0.2) is 46.9 Å². The molecule has 0 saturated heterocycles. The van der Waals surface area contributed by atoms with Gasteiger partial charge in [0.05, 0.1) is 0 Å². The largest absolute Gasteiger partial charge is 0.484 e. The van der Waals surface area contributed by atoms with Crippen molar-refractivity contribution in [3.8, 4) is 5.75 Å². The number of halogens is 1. The van der Waals surface area contributed by atoms with Crippen molar-refractivity contribution in [2.75, 3.05) is 13.2 Å². The number of unbranched alkanes of at least 4 members (excludes halogenated alkanes) is 1. The Labute approximate surface area is 187 Å². The smallest absolute Gasteiger partial charge is 0.261 e. The second kappa shape index (κ2) is 11.7. The van der Waals surface area contributed by atoms with E-state index in [1.165, 1.54) is 5.56 Å². The van der Waals surface area contributed by atoms with E-state index >= 15 is 0 Å². The zero-order valence-electron chi connectivity index (χ0n) is 18.2. The van der Waals surface area contributed by atoms with Crippen molar-refractivity contribution in [3.05, 3.63) is 63.6 Å². The highest BCUT2D eigenvalue weighted by Crippen LogP contribution is 2.18. The van der Waals surface area contributed by atoms with Gasteiger partial charge in [-0.3, -0.25) is 9.59 Å². The first kappa shape index (κ1) is 23.9. The molecule has 2 aromatic carbocycles.